The van der Waals surface area contributed by atoms with Crippen LogP contribution in [0.4, 0.5) is 0 Å². The van der Waals surface area contributed by atoms with Crippen LogP contribution in [0.2, 0.25) is 0 Å². The molecule has 0 aromatic carbocycles. The summed E-state index contributed by atoms with van der Waals surface area (Å²) in [6.07, 6.45) is 12.3. The van der Waals surface area contributed by atoms with E-state index in [4.69, 9.17) is 4.42 Å². The van der Waals surface area contributed by atoms with Gasteiger partial charge in [-0.25, -0.2) is 4.79 Å². The van der Waals surface area contributed by atoms with E-state index in [1.54, 1.807) is 12.3 Å². The second kappa shape index (κ2) is 7.93. The molecule has 0 unspecified atom stereocenters. The van der Waals surface area contributed by atoms with E-state index < -0.39 is 5.60 Å². The molecule has 4 saturated carbocycles. The van der Waals surface area contributed by atoms with Crippen LogP contribution in [0, 0.1) is 28.6 Å². The smallest absolute Gasteiger partial charge is 0.335 e. The molecule has 182 valence electrons. The highest BCUT2D eigenvalue weighted by Crippen LogP contribution is 2.70. The highest BCUT2D eigenvalue weighted by molar-refractivity contribution is 5.27. The van der Waals surface area contributed by atoms with Crippen molar-refractivity contribution in [3.63, 3.8) is 0 Å². The third-order valence-corrected chi connectivity index (χ3v) is 11.6. The van der Waals surface area contributed by atoms with Gasteiger partial charge in [-0.15, -0.1) is 0 Å². The third-order valence-electron chi connectivity index (χ3n) is 11.6. The minimum absolute atomic E-state index is 0.130. The molecule has 0 radical (unpaired) electrons. The molecule has 1 saturated heterocycles. The predicted molar refractivity (Wildman–Crippen MR) is 129 cm³/mol. The molecule has 0 spiro atoms. The van der Waals surface area contributed by atoms with Gasteiger partial charge in [-0.05, 0) is 98.5 Å². The van der Waals surface area contributed by atoms with E-state index in [9.17, 15) is 9.90 Å². The van der Waals surface area contributed by atoms with Crippen molar-refractivity contribution in [2.24, 2.45) is 28.6 Å². The van der Waals surface area contributed by atoms with Gasteiger partial charge < -0.3 is 14.8 Å². The molecule has 5 fully saturated rings. The van der Waals surface area contributed by atoms with Gasteiger partial charge >= 0.3 is 5.63 Å². The van der Waals surface area contributed by atoms with Gasteiger partial charge in [-0.1, -0.05) is 13.8 Å². The van der Waals surface area contributed by atoms with Crippen LogP contribution in [0.1, 0.15) is 83.1 Å². The fourth-order valence-electron chi connectivity index (χ4n) is 9.68. The van der Waals surface area contributed by atoms with Gasteiger partial charge in [0.25, 0.3) is 0 Å². The van der Waals surface area contributed by atoms with Crippen LogP contribution < -0.4 is 10.9 Å². The van der Waals surface area contributed by atoms with Gasteiger partial charge in [0.2, 0.25) is 0 Å². The molecule has 0 bridgehead atoms. The first-order valence-corrected chi connectivity index (χ1v) is 13.6. The maximum absolute atomic E-state index is 12.4. The molecular formula is C28H42N2O3. The summed E-state index contributed by atoms with van der Waals surface area (Å²) in [5.74, 6) is 2.14. The van der Waals surface area contributed by atoms with E-state index in [1.807, 2.05) is 6.07 Å². The van der Waals surface area contributed by atoms with E-state index in [0.717, 1.165) is 49.9 Å². The first-order valence-electron chi connectivity index (χ1n) is 13.6. The molecule has 2 heterocycles. The standard InChI is InChI=1S/C28H42N2O3/c1-26-10-7-21(30-15-13-29-14-16-30)17-20(26)4-5-24-23(26)8-11-27(2)22(9-12-28(24,27)32)19-3-6-25(31)33-18-19/h3,6,18,20-24,29,32H,4-5,7-17H2,1-2H3/t20-,21-,22-,23-,24-,26-,27-,28-/m1/s1. The van der Waals surface area contributed by atoms with Crippen LogP contribution in [-0.2, 0) is 0 Å². The number of hydrogen-bond acceptors (Lipinski definition) is 5. The summed E-state index contributed by atoms with van der Waals surface area (Å²) in [4.78, 5) is 14.3. The number of rotatable bonds is 2. The van der Waals surface area contributed by atoms with Crippen molar-refractivity contribution in [2.45, 2.75) is 89.2 Å². The van der Waals surface area contributed by atoms with E-state index in [1.165, 1.54) is 51.6 Å². The van der Waals surface area contributed by atoms with Crippen molar-refractivity contribution in [1.29, 1.82) is 0 Å². The quantitative estimate of drug-likeness (QED) is 0.703. The van der Waals surface area contributed by atoms with Crippen LogP contribution >= 0.6 is 0 Å². The Hall–Kier alpha value is -1.17. The molecule has 1 aromatic heterocycles. The van der Waals surface area contributed by atoms with Crippen LogP contribution in [0.25, 0.3) is 0 Å². The molecule has 8 atom stereocenters. The molecule has 33 heavy (non-hydrogen) atoms. The average molecular weight is 455 g/mol. The Bertz CT molecular complexity index is 921. The van der Waals surface area contributed by atoms with Gasteiger partial charge in [-0.3, -0.25) is 4.90 Å². The number of nitrogens with one attached hydrogen (secondary N) is 1. The Morgan fingerprint density at radius 3 is 2.58 bits per heavy atom. The van der Waals surface area contributed by atoms with Crippen molar-refractivity contribution in [1.82, 2.24) is 10.2 Å². The lowest BCUT2D eigenvalue weighted by Gasteiger charge is -2.64. The van der Waals surface area contributed by atoms with Crippen molar-refractivity contribution < 1.29 is 9.52 Å². The van der Waals surface area contributed by atoms with Gasteiger partial charge in [0.15, 0.2) is 0 Å². The van der Waals surface area contributed by atoms with Gasteiger partial charge in [-0.2, -0.15) is 0 Å². The van der Waals surface area contributed by atoms with Gasteiger partial charge in [0.05, 0.1) is 11.9 Å². The number of hydrogen-bond donors (Lipinski definition) is 2. The lowest BCUT2D eigenvalue weighted by molar-refractivity contribution is -0.204. The van der Waals surface area contributed by atoms with Gasteiger partial charge in [0, 0.05) is 43.7 Å². The van der Waals surface area contributed by atoms with Crippen LogP contribution in [0.3, 0.4) is 0 Å². The number of nitrogens with zero attached hydrogens (tertiary/aromatic N) is 1. The maximum atomic E-state index is 12.4. The summed E-state index contributed by atoms with van der Waals surface area (Å²) in [5.41, 5.74) is 0.462. The fourth-order valence-corrected chi connectivity index (χ4v) is 9.68. The van der Waals surface area contributed by atoms with E-state index in [-0.39, 0.29) is 17.0 Å². The Kier molecular flexibility index (Phi) is 5.36. The minimum Gasteiger partial charge on any atom is -0.431 e. The average Bonchev–Trinajstić information content (AvgIpc) is 3.11. The van der Waals surface area contributed by atoms with Crippen LogP contribution in [0.15, 0.2) is 27.6 Å². The van der Waals surface area contributed by atoms with E-state index >= 15 is 0 Å². The summed E-state index contributed by atoms with van der Waals surface area (Å²) in [6.45, 7) is 9.62. The first-order chi connectivity index (χ1) is 15.8. The molecule has 5 aliphatic rings. The maximum Gasteiger partial charge on any atom is 0.335 e. The van der Waals surface area contributed by atoms with Crippen molar-refractivity contribution in [3.8, 4) is 0 Å². The highest BCUT2D eigenvalue weighted by atomic mass is 16.4. The second-order valence-electron chi connectivity index (χ2n) is 12.6. The highest BCUT2D eigenvalue weighted by Gasteiger charge is 2.67. The third kappa shape index (κ3) is 3.25. The lowest BCUT2D eigenvalue weighted by atomic mass is 9.43. The molecule has 6 rings (SSSR count). The summed E-state index contributed by atoms with van der Waals surface area (Å²) in [6, 6.07) is 4.25. The van der Waals surface area contributed by atoms with Gasteiger partial charge in [0.1, 0.15) is 0 Å². The number of fused-ring (bicyclic) bond motifs is 5. The normalized spacial score (nSPS) is 48.0. The summed E-state index contributed by atoms with van der Waals surface area (Å²) in [7, 11) is 0. The SMILES string of the molecule is C[C@@]12CC[C@@H](N3CCNCC3)C[C@H]1CC[C@@H]1[C@H]2CC[C@]2(C)[C@@H](c3ccc(=O)oc3)CC[C@@]12O. The lowest BCUT2D eigenvalue weighted by Crippen LogP contribution is -2.62. The van der Waals surface area contributed by atoms with E-state index in [0.29, 0.717) is 17.3 Å². The number of piperazine rings is 1. The zero-order valence-corrected chi connectivity index (χ0v) is 20.5. The molecule has 1 aromatic rings. The summed E-state index contributed by atoms with van der Waals surface area (Å²) >= 11 is 0. The summed E-state index contributed by atoms with van der Waals surface area (Å²) < 4.78 is 5.24. The molecule has 0 amide bonds. The fraction of sp³-hybridized carbons (Fsp3) is 0.821. The minimum atomic E-state index is -0.597. The topological polar surface area (TPSA) is 65.7 Å². The molecule has 5 nitrogen and oxygen atoms in total. The summed E-state index contributed by atoms with van der Waals surface area (Å²) in [5, 5.41) is 15.9. The number of aliphatic hydroxyl groups is 1. The van der Waals surface area contributed by atoms with Crippen molar-refractivity contribution >= 4 is 0 Å². The first kappa shape index (κ1) is 22.3. The zero-order chi connectivity index (χ0) is 22.8. The molecule has 4 aliphatic carbocycles. The largest absolute Gasteiger partial charge is 0.431 e. The van der Waals surface area contributed by atoms with Crippen LogP contribution in [-0.4, -0.2) is 47.8 Å². The molecular weight excluding hydrogens is 412 g/mol. The Morgan fingerprint density at radius 2 is 1.82 bits per heavy atom. The van der Waals surface area contributed by atoms with E-state index in [2.05, 4.69) is 24.1 Å². The Labute approximate surface area is 198 Å². The van der Waals surface area contributed by atoms with Crippen molar-refractivity contribution in [3.05, 3.63) is 34.4 Å². The predicted octanol–water partition coefficient (Wildman–Crippen LogP) is 4.15. The molecule has 1 aliphatic heterocycles. The van der Waals surface area contributed by atoms with Crippen LogP contribution in [0.5, 0.6) is 0 Å². The second-order valence-corrected chi connectivity index (χ2v) is 12.6. The Morgan fingerprint density at radius 1 is 1.00 bits per heavy atom. The molecule has 5 heteroatoms. The monoisotopic (exact) mass is 454 g/mol. The Balaban J connectivity index is 1.24. The van der Waals surface area contributed by atoms with Crippen molar-refractivity contribution in [2.75, 3.05) is 26.2 Å². The molecule has 2 N–H and O–H groups in total. The zero-order valence-electron chi connectivity index (χ0n) is 20.5.